The van der Waals surface area contributed by atoms with Crippen molar-refractivity contribution in [2.24, 2.45) is 5.41 Å². The average Bonchev–Trinajstić information content (AvgIpc) is 2.59. The van der Waals surface area contributed by atoms with E-state index in [1.807, 2.05) is 11.1 Å². The quantitative estimate of drug-likeness (QED) is 0.910. The highest BCUT2D eigenvalue weighted by molar-refractivity contribution is 5.77. The highest BCUT2D eigenvalue weighted by atomic mass is 16.3. The minimum absolute atomic E-state index is 0.0482. The second kappa shape index (κ2) is 7.05. The first-order valence-corrected chi connectivity index (χ1v) is 8.98. The maximum Gasteiger partial charge on any atom is 0.222 e. The zero-order valence-electron chi connectivity index (χ0n) is 14.7. The van der Waals surface area contributed by atoms with E-state index < -0.39 is 0 Å². The van der Waals surface area contributed by atoms with Crippen molar-refractivity contribution in [3.8, 4) is 0 Å². The fourth-order valence-electron chi connectivity index (χ4n) is 4.03. The van der Waals surface area contributed by atoms with E-state index in [1.165, 1.54) is 5.56 Å². The maximum absolute atomic E-state index is 12.0. The zero-order chi connectivity index (χ0) is 17.2. The van der Waals surface area contributed by atoms with Crippen molar-refractivity contribution in [2.45, 2.75) is 45.4 Å². The molecule has 1 amide bonds. The molecule has 1 aromatic heterocycles. The summed E-state index contributed by atoms with van der Waals surface area (Å²) in [6.07, 6.45) is 7.30. The number of aromatic nitrogens is 2. The molecule has 1 aromatic rings. The Morgan fingerprint density at radius 3 is 2.71 bits per heavy atom. The topological polar surface area (TPSA) is 69.6 Å². The molecule has 3 rings (SSSR count). The van der Waals surface area contributed by atoms with Gasteiger partial charge >= 0.3 is 0 Å². The molecule has 6 nitrogen and oxygen atoms in total. The number of likely N-dealkylation sites (tertiary alicyclic amines) is 1. The van der Waals surface area contributed by atoms with Gasteiger partial charge in [-0.3, -0.25) is 4.79 Å². The minimum Gasteiger partial charge on any atom is -0.395 e. The number of piperidine rings is 2. The predicted molar refractivity (Wildman–Crippen MR) is 92.9 cm³/mol. The lowest BCUT2D eigenvalue weighted by Gasteiger charge is -2.47. The van der Waals surface area contributed by atoms with E-state index in [0.29, 0.717) is 18.9 Å². The van der Waals surface area contributed by atoms with Crippen LogP contribution < -0.4 is 4.90 Å². The van der Waals surface area contributed by atoms with Crippen LogP contribution in [0.15, 0.2) is 12.5 Å². The lowest BCUT2D eigenvalue weighted by atomic mass is 9.72. The van der Waals surface area contributed by atoms with Crippen LogP contribution in [0, 0.1) is 5.41 Å². The summed E-state index contributed by atoms with van der Waals surface area (Å²) < 4.78 is 0. The summed E-state index contributed by atoms with van der Waals surface area (Å²) >= 11 is 0. The van der Waals surface area contributed by atoms with Crippen molar-refractivity contribution in [1.29, 1.82) is 0 Å². The Kier molecular flexibility index (Phi) is 5.04. The Morgan fingerprint density at radius 2 is 2.04 bits per heavy atom. The number of hydrogen-bond acceptors (Lipinski definition) is 5. The largest absolute Gasteiger partial charge is 0.395 e. The molecule has 132 valence electrons. The van der Waals surface area contributed by atoms with Gasteiger partial charge in [-0.1, -0.05) is 13.8 Å². The van der Waals surface area contributed by atoms with E-state index in [9.17, 15) is 9.90 Å². The van der Waals surface area contributed by atoms with Gasteiger partial charge in [0.2, 0.25) is 5.91 Å². The molecule has 1 N–H and O–H groups in total. The first-order valence-electron chi connectivity index (χ1n) is 8.98. The molecule has 2 fully saturated rings. The summed E-state index contributed by atoms with van der Waals surface area (Å²) in [6, 6.07) is 0. The molecule has 0 radical (unpaired) electrons. The van der Waals surface area contributed by atoms with Crippen LogP contribution in [0.5, 0.6) is 0 Å². The first kappa shape index (κ1) is 17.1. The van der Waals surface area contributed by atoms with Crippen LogP contribution >= 0.6 is 0 Å². The van der Waals surface area contributed by atoms with Crippen molar-refractivity contribution in [3.05, 3.63) is 18.1 Å². The second-order valence-corrected chi connectivity index (χ2v) is 7.48. The number of aliphatic hydroxyl groups is 1. The van der Waals surface area contributed by atoms with Gasteiger partial charge in [0.1, 0.15) is 12.1 Å². The number of hydrogen-bond donors (Lipinski definition) is 1. The molecule has 0 aliphatic carbocycles. The number of anilines is 1. The van der Waals surface area contributed by atoms with Gasteiger partial charge in [-0.05, 0) is 30.6 Å². The van der Waals surface area contributed by atoms with Gasteiger partial charge in [0.05, 0.1) is 6.61 Å². The van der Waals surface area contributed by atoms with Gasteiger partial charge in [-0.2, -0.15) is 0 Å². The summed E-state index contributed by atoms with van der Waals surface area (Å²) in [4.78, 5) is 24.9. The molecular weight excluding hydrogens is 304 g/mol. The van der Waals surface area contributed by atoms with Crippen molar-refractivity contribution in [2.75, 3.05) is 37.7 Å². The normalized spacial score (nSPS) is 20.9. The number of β-amino-alcohol motifs (C(OH)–C–C–N with tert-alkyl or cyclic N) is 1. The third-order valence-electron chi connectivity index (χ3n) is 5.58. The highest BCUT2D eigenvalue weighted by Gasteiger charge is 2.41. The van der Waals surface area contributed by atoms with Crippen molar-refractivity contribution in [1.82, 2.24) is 14.9 Å². The van der Waals surface area contributed by atoms with Crippen molar-refractivity contribution in [3.63, 3.8) is 0 Å². The third-order valence-corrected chi connectivity index (χ3v) is 5.58. The van der Waals surface area contributed by atoms with Crippen LogP contribution in [-0.2, 0) is 4.79 Å². The van der Waals surface area contributed by atoms with Crippen LogP contribution in [-0.4, -0.2) is 58.7 Å². The number of nitrogens with zero attached hydrogens (tertiary/aromatic N) is 4. The number of carbonyl (C=O) groups is 1. The van der Waals surface area contributed by atoms with Gasteiger partial charge in [0.15, 0.2) is 0 Å². The van der Waals surface area contributed by atoms with E-state index >= 15 is 0 Å². The molecule has 1 spiro atoms. The predicted octanol–water partition coefficient (Wildman–Crippen LogP) is 1.80. The number of carbonyl (C=O) groups excluding carboxylic acids is 1. The van der Waals surface area contributed by atoms with Gasteiger partial charge in [0.25, 0.3) is 0 Å². The smallest absolute Gasteiger partial charge is 0.222 e. The molecule has 0 saturated carbocycles. The Balaban J connectivity index is 1.69. The molecule has 2 aliphatic rings. The monoisotopic (exact) mass is 332 g/mol. The SMILES string of the molecule is CC(C)c1cncnc1N1CCC2(CCC(=O)N(CCO)C2)CC1. The Hall–Kier alpha value is -1.69. The zero-order valence-corrected chi connectivity index (χ0v) is 14.7. The first-order chi connectivity index (χ1) is 11.5. The van der Waals surface area contributed by atoms with Crippen LogP contribution in [0.4, 0.5) is 5.82 Å². The fraction of sp³-hybridized carbons (Fsp3) is 0.722. The van der Waals surface area contributed by atoms with Crippen molar-refractivity contribution < 1.29 is 9.90 Å². The van der Waals surface area contributed by atoms with Crippen molar-refractivity contribution >= 4 is 11.7 Å². The van der Waals surface area contributed by atoms with Gasteiger partial charge < -0.3 is 14.9 Å². The molecule has 2 saturated heterocycles. The third kappa shape index (κ3) is 3.38. The van der Waals surface area contributed by atoms with E-state index in [2.05, 4.69) is 28.7 Å². The van der Waals surface area contributed by atoms with Gasteiger partial charge in [-0.25, -0.2) is 9.97 Å². The summed E-state index contributed by atoms with van der Waals surface area (Å²) in [5, 5.41) is 9.18. The maximum atomic E-state index is 12.0. The van der Waals surface area contributed by atoms with Crippen LogP contribution in [0.1, 0.15) is 51.0 Å². The average molecular weight is 332 g/mol. The molecule has 0 bridgehead atoms. The van der Waals surface area contributed by atoms with Crippen LogP contribution in [0.2, 0.25) is 0 Å². The number of rotatable bonds is 4. The molecule has 6 heteroatoms. The lowest BCUT2D eigenvalue weighted by Crippen LogP contribution is -2.52. The number of amides is 1. The molecule has 3 heterocycles. The lowest BCUT2D eigenvalue weighted by molar-refractivity contribution is -0.138. The number of aliphatic hydroxyl groups excluding tert-OH is 1. The summed E-state index contributed by atoms with van der Waals surface area (Å²) in [5.74, 6) is 1.66. The molecule has 2 aliphatic heterocycles. The Morgan fingerprint density at radius 1 is 1.29 bits per heavy atom. The molecule has 0 aromatic carbocycles. The highest BCUT2D eigenvalue weighted by Crippen LogP contribution is 2.41. The summed E-state index contributed by atoms with van der Waals surface area (Å²) in [5.41, 5.74) is 1.42. The van der Waals surface area contributed by atoms with Gasteiger partial charge in [-0.15, -0.1) is 0 Å². The molecule has 0 unspecified atom stereocenters. The van der Waals surface area contributed by atoms with Gasteiger partial charge in [0, 0.05) is 44.4 Å². The van der Waals surface area contributed by atoms with E-state index in [4.69, 9.17) is 0 Å². The van der Waals surface area contributed by atoms with Crippen LogP contribution in [0.25, 0.3) is 0 Å². The molecule has 24 heavy (non-hydrogen) atoms. The van der Waals surface area contributed by atoms with Crippen LogP contribution in [0.3, 0.4) is 0 Å². The van der Waals surface area contributed by atoms with E-state index in [1.54, 1.807) is 6.33 Å². The Bertz CT molecular complexity index is 582. The van der Waals surface area contributed by atoms with E-state index in [-0.39, 0.29) is 17.9 Å². The summed E-state index contributed by atoms with van der Waals surface area (Å²) in [6.45, 7) is 7.59. The fourth-order valence-corrected chi connectivity index (χ4v) is 4.03. The Labute approximate surface area is 143 Å². The summed E-state index contributed by atoms with van der Waals surface area (Å²) in [7, 11) is 0. The molecular formula is C18H28N4O2. The van der Waals surface area contributed by atoms with E-state index in [0.717, 1.165) is 44.7 Å². The standard InChI is InChI=1S/C18H28N4O2/c1-14(2)15-11-19-13-20-17(15)21-7-5-18(6-8-21)4-3-16(24)22(12-18)9-10-23/h11,13-14,23H,3-10,12H2,1-2H3. The second-order valence-electron chi connectivity index (χ2n) is 7.48. The molecule has 0 atom stereocenters. The minimum atomic E-state index is 0.0482.